The second-order valence-electron chi connectivity index (χ2n) is 3.48. The number of hydrogen-bond acceptors (Lipinski definition) is 7. The Labute approximate surface area is 112 Å². The number of nitrogens with two attached hydrogens (primary N) is 1. The summed E-state index contributed by atoms with van der Waals surface area (Å²) in [5.41, 5.74) is 4.98. The zero-order chi connectivity index (χ0) is 14.0. The summed E-state index contributed by atoms with van der Waals surface area (Å²) in [4.78, 5) is 9.88. The van der Waals surface area contributed by atoms with Gasteiger partial charge in [-0.25, -0.2) is 13.1 Å². The van der Waals surface area contributed by atoms with E-state index in [9.17, 15) is 18.5 Å². The van der Waals surface area contributed by atoms with E-state index in [1.165, 1.54) is 6.26 Å². The highest BCUT2D eigenvalue weighted by atomic mass is 32.2. The van der Waals surface area contributed by atoms with Crippen molar-refractivity contribution in [2.45, 2.75) is 10.8 Å². The number of furan rings is 1. The van der Waals surface area contributed by atoms with Crippen molar-refractivity contribution in [1.82, 2.24) is 4.72 Å². The van der Waals surface area contributed by atoms with Gasteiger partial charge in [-0.05, 0) is 12.1 Å². The van der Waals surface area contributed by atoms with Gasteiger partial charge in [-0.1, -0.05) is 11.3 Å². The third-order valence-electron chi connectivity index (χ3n) is 2.20. The third kappa shape index (κ3) is 2.92. The number of rotatable bonds is 5. The van der Waals surface area contributed by atoms with Gasteiger partial charge in [-0.15, -0.1) is 0 Å². The molecule has 0 atom stereocenters. The summed E-state index contributed by atoms with van der Waals surface area (Å²) in [7, 11) is -3.85. The first kappa shape index (κ1) is 13.5. The minimum Gasteiger partial charge on any atom is -0.468 e. The standard InChI is InChI=1S/C9H9N3O5S2/c10-9-7(12(13)14)4-8(18-9)19(15,16)11-5-6-2-1-3-17-6/h1-4,11H,5,10H2. The van der Waals surface area contributed by atoms with Crippen LogP contribution in [-0.2, 0) is 16.6 Å². The SMILES string of the molecule is Nc1sc(S(=O)(=O)NCc2ccco2)cc1[N+](=O)[O-]. The molecular formula is C9H9N3O5S2. The van der Waals surface area contributed by atoms with E-state index in [2.05, 4.69) is 4.72 Å². The Morgan fingerprint density at radius 3 is 2.79 bits per heavy atom. The number of sulfonamides is 1. The predicted molar refractivity (Wildman–Crippen MR) is 68.1 cm³/mol. The van der Waals surface area contributed by atoms with Crippen LogP contribution in [0.1, 0.15) is 5.76 Å². The number of nitrogens with one attached hydrogen (secondary N) is 1. The summed E-state index contributed by atoms with van der Waals surface area (Å²) in [6.45, 7) is -0.0407. The minimum absolute atomic E-state index is 0.0407. The van der Waals surface area contributed by atoms with Crippen LogP contribution in [0.25, 0.3) is 0 Å². The van der Waals surface area contributed by atoms with E-state index in [4.69, 9.17) is 10.2 Å². The van der Waals surface area contributed by atoms with Gasteiger partial charge in [0.05, 0.1) is 17.7 Å². The molecule has 8 nitrogen and oxygen atoms in total. The Morgan fingerprint density at radius 2 is 2.26 bits per heavy atom. The smallest absolute Gasteiger partial charge is 0.304 e. The number of thiophene rings is 1. The van der Waals surface area contributed by atoms with Gasteiger partial charge in [0.1, 0.15) is 9.97 Å². The van der Waals surface area contributed by atoms with Crippen LogP contribution < -0.4 is 10.5 Å². The molecule has 0 spiro atoms. The fourth-order valence-corrected chi connectivity index (χ4v) is 3.55. The van der Waals surface area contributed by atoms with Crippen LogP contribution in [0.15, 0.2) is 33.1 Å². The maximum Gasteiger partial charge on any atom is 0.304 e. The third-order valence-corrected chi connectivity index (χ3v) is 5.02. The number of nitro groups is 1. The second kappa shape index (κ2) is 4.99. The molecule has 0 aromatic carbocycles. The molecule has 10 heteroatoms. The average Bonchev–Trinajstić information content (AvgIpc) is 2.95. The maximum atomic E-state index is 11.9. The van der Waals surface area contributed by atoms with Crippen molar-refractivity contribution in [2.24, 2.45) is 0 Å². The second-order valence-corrected chi connectivity index (χ2v) is 6.55. The molecule has 2 aromatic rings. The fraction of sp³-hybridized carbons (Fsp3) is 0.111. The molecular weight excluding hydrogens is 294 g/mol. The van der Waals surface area contributed by atoms with E-state index in [0.29, 0.717) is 17.1 Å². The summed E-state index contributed by atoms with van der Waals surface area (Å²) in [5, 5.41) is 10.5. The van der Waals surface area contributed by atoms with Crippen molar-refractivity contribution in [2.75, 3.05) is 5.73 Å². The molecule has 0 bridgehead atoms. The minimum atomic E-state index is -3.85. The van der Waals surface area contributed by atoms with Gasteiger partial charge in [0.25, 0.3) is 10.0 Å². The van der Waals surface area contributed by atoms with Crippen LogP contribution in [0.2, 0.25) is 0 Å². The van der Waals surface area contributed by atoms with E-state index in [-0.39, 0.29) is 15.8 Å². The maximum absolute atomic E-state index is 11.9. The average molecular weight is 303 g/mol. The molecule has 0 saturated heterocycles. The van der Waals surface area contributed by atoms with Gasteiger partial charge in [0.15, 0.2) is 5.00 Å². The van der Waals surface area contributed by atoms with Gasteiger partial charge in [-0.3, -0.25) is 10.1 Å². The number of nitrogen functional groups attached to an aromatic ring is 1. The molecule has 102 valence electrons. The molecule has 2 rings (SSSR count). The van der Waals surface area contributed by atoms with Gasteiger partial charge < -0.3 is 10.2 Å². The van der Waals surface area contributed by atoms with E-state index in [0.717, 1.165) is 6.07 Å². The number of hydrogen-bond donors (Lipinski definition) is 2. The largest absolute Gasteiger partial charge is 0.468 e. The number of nitrogens with zero attached hydrogens (tertiary/aromatic N) is 1. The van der Waals surface area contributed by atoms with Crippen molar-refractivity contribution in [3.05, 3.63) is 40.3 Å². The van der Waals surface area contributed by atoms with Gasteiger partial charge >= 0.3 is 5.69 Å². The highest BCUT2D eigenvalue weighted by Crippen LogP contribution is 2.34. The fourth-order valence-electron chi connectivity index (χ4n) is 1.30. The Balaban J connectivity index is 2.20. The van der Waals surface area contributed by atoms with Gasteiger partial charge in [0, 0.05) is 6.07 Å². The first-order valence-corrected chi connectivity index (χ1v) is 7.26. The molecule has 0 unspecified atom stereocenters. The first-order chi connectivity index (χ1) is 8.90. The van der Waals surface area contributed by atoms with Crippen LogP contribution >= 0.6 is 11.3 Å². The van der Waals surface area contributed by atoms with Crippen molar-refractivity contribution in [1.29, 1.82) is 0 Å². The molecule has 3 N–H and O–H groups in total. The van der Waals surface area contributed by atoms with Crippen molar-refractivity contribution < 1.29 is 17.8 Å². The summed E-state index contributed by atoms with van der Waals surface area (Å²) >= 11 is 0.642. The summed E-state index contributed by atoms with van der Waals surface area (Å²) in [6.07, 6.45) is 1.41. The monoisotopic (exact) mass is 303 g/mol. The molecule has 0 amide bonds. The molecule has 2 heterocycles. The zero-order valence-corrected chi connectivity index (χ0v) is 11.0. The normalized spacial score (nSPS) is 11.6. The van der Waals surface area contributed by atoms with Gasteiger partial charge in [-0.2, -0.15) is 0 Å². The first-order valence-electron chi connectivity index (χ1n) is 4.96. The Hall–Kier alpha value is -1.91. The van der Waals surface area contributed by atoms with Crippen molar-refractivity contribution in [3.8, 4) is 0 Å². The topological polar surface area (TPSA) is 128 Å². The molecule has 0 aliphatic heterocycles. The van der Waals surface area contributed by atoms with Crippen molar-refractivity contribution >= 4 is 32.0 Å². The highest BCUT2D eigenvalue weighted by molar-refractivity contribution is 7.91. The van der Waals surface area contributed by atoms with E-state index in [1.807, 2.05) is 0 Å². The lowest BCUT2D eigenvalue weighted by Gasteiger charge is -2.01. The predicted octanol–water partition coefficient (Wildman–Crippen LogP) is 1.31. The lowest BCUT2D eigenvalue weighted by atomic mass is 10.5. The van der Waals surface area contributed by atoms with Crippen LogP contribution in [0.4, 0.5) is 10.7 Å². The molecule has 2 aromatic heterocycles. The quantitative estimate of drug-likeness (QED) is 0.633. The Kier molecular flexibility index (Phi) is 3.55. The van der Waals surface area contributed by atoms with Crippen LogP contribution in [-0.4, -0.2) is 13.3 Å². The summed E-state index contributed by atoms with van der Waals surface area (Å²) < 4.78 is 30.8. The summed E-state index contributed by atoms with van der Waals surface area (Å²) in [5.74, 6) is 0.433. The van der Waals surface area contributed by atoms with Crippen LogP contribution in [0.5, 0.6) is 0 Å². The van der Waals surface area contributed by atoms with Gasteiger partial charge in [0.2, 0.25) is 0 Å². The number of anilines is 1. The summed E-state index contributed by atoms with van der Waals surface area (Å²) in [6, 6.07) is 4.16. The molecule has 0 saturated carbocycles. The molecule has 0 radical (unpaired) electrons. The lowest BCUT2D eigenvalue weighted by molar-refractivity contribution is -0.383. The highest BCUT2D eigenvalue weighted by Gasteiger charge is 2.24. The van der Waals surface area contributed by atoms with E-state index >= 15 is 0 Å². The van der Waals surface area contributed by atoms with Crippen LogP contribution in [0.3, 0.4) is 0 Å². The molecule has 0 aliphatic carbocycles. The van der Waals surface area contributed by atoms with Crippen molar-refractivity contribution in [3.63, 3.8) is 0 Å². The Morgan fingerprint density at radius 1 is 1.53 bits per heavy atom. The van der Waals surface area contributed by atoms with Crippen LogP contribution in [0, 0.1) is 10.1 Å². The molecule has 19 heavy (non-hydrogen) atoms. The van der Waals surface area contributed by atoms with E-state index < -0.39 is 20.6 Å². The van der Waals surface area contributed by atoms with E-state index in [1.54, 1.807) is 12.1 Å². The molecule has 0 aliphatic rings. The zero-order valence-electron chi connectivity index (χ0n) is 9.40. The molecule has 0 fully saturated rings. The Bertz CT molecular complexity index is 690. The lowest BCUT2D eigenvalue weighted by Crippen LogP contribution is -2.22.